The van der Waals surface area contributed by atoms with Gasteiger partial charge in [-0.15, -0.1) is 0 Å². The lowest BCUT2D eigenvalue weighted by Crippen LogP contribution is -2.29. The summed E-state index contributed by atoms with van der Waals surface area (Å²) < 4.78 is 11.6. The molecule has 1 aromatic heterocycles. The Morgan fingerprint density at radius 3 is 2.63 bits per heavy atom. The zero-order valence-electron chi connectivity index (χ0n) is 15.3. The number of benzene rings is 2. The van der Waals surface area contributed by atoms with Gasteiger partial charge in [-0.25, -0.2) is 4.68 Å². The van der Waals surface area contributed by atoms with Gasteiger partial charge in [0.05, 0.1) is 37.9 Å². The lowest BCUT2D eigenvalue weighted by Gasteiger charge is -2.12. The molecule has 0 fully saturated rings. The van der Waals surface area contributed by atoms with Gasteiger partial charge in [0.15, 0.2) is 0 Å². The minimum atomic E-state index is -0.241. The number of nitrogens with zero attached hydrogens (tertiary/aromatic N) is 2. The third kappa shape index (κ3) is 4.15. The Kier molecular flexibility index (Phi) is 5.83. The number of nitrogens with one attached hydrogen (secondary N) is 1. The first-order valence-electron chi connectivity index (χ1n) is 8.54. The van der Waals surface area contributed by atoms with Crippen molar-refractivity contribution in [3.63, 3.8) is 0 Å². The zero-order chi connectivity index (χ0) is 19.2. The summed E-state index contributed by atoms with van der Waals surface area (Å²) in [6, 6.07) is 14.2. The van der Waals surface area contributed by atoms with E-state index in [2.05, 4.69) is 10.4 Å². The van der Waals surface area contributed by atoms with Gasteiger partial charge in [-0.05, 0) is 24.3 Å². The van der Waals surface area contributed by atoms with Crippen molar-refractivity contribution in [1.82, 2.24) is 15.1 Å². The van der Waals surface area contributed by atoms with Crippen molar-refractivity contribution in [1.29, 1.82) is 0 Å². The van der Waals surface area contributed by atoms with Gasteiger partial charge >= 0.3 is 0 Å². The summed E-state index contributed by atoms with van der Waals surface area (Å²) in [6.45, 7) is 0.918. The Morgan fingerprint density at radius 2 is 1.89 bits per heavy atom. The van der Waals surface area contributed by atoms with E-state index in [0.29, 0.717) is 35.5 Å². The minimum Gasteiger partial charge on any atom is -0.497 e. The molecule has 1 amide bonds. The fraction of sp³-hybridized carbons (Fsp3) is 0.250. The normalized spacial score (nSPS) is 10.7. The largest absolute Gasteiger partial charge is 0.497 e. The van der Waals surface area contributed by atoms with Crippen LogP contribution in [0.4, 0.5) is 0 Å². The van der Waals surface area contributed by atoms with E-state index in [1.54, 1.807) is 44.6 Å². The molecule has 0 aliphatic rings. The van der Waals surface area contributed by atoms with Crippen molar-refractivity contribution in [3.05, 3.63) is 70.1 Å². The molecule has 0 unspecified atom stereocenters. The molecule has 0 bridgehead atoms. The van der Waals surface area contributed by atoms with E-state index in [0.717, 1.165) is 5.39 Å². The summed E-state index contributed by atoms with van der Waals surface area (Å²) in [6.07, 6.45) is 0. The molecule has 0 aliphatic carbocycles. The maximum Gasteiger partial charge on any atom is 0.274 e. The Balaban J connectivity index is 1.88. The molecule has 140 valence electrons. The summed E-state index contributed by atoms with van der Waals surface area (Å²) in [4.78, 5) is 25.0. The average Bonchev–Trinajstić information content (AvgIpc) is 2.72. The van der Waals surface area contributed by atoms with Gasteiger partial charge in [0.1, 0.15) is 5.75 Å². The highest BCUT2D eigenvalue weighted by atomic mass is 16.5. The van der Waals surface area contributed by atoms with Gasteiger partial charge in [0, 0.05) is 18.1 Å². The fourth-order valence-electron chi connectivity index (χ4n) is 2.80. The monoisotopic (exact) mass is 367 g/mol. The molecule has 3 rings (SSSR count). The van der Waals surface area contributed by atoms with E-state index < -0.39 is 0 Å². The van der Waals surface area contributed by atoms with E-state index in [9.17, 15) is 9.59 Å². The fourth-order valence-corrected chi connectivity index (χ4v) is 2.80. The number of amides is 1. The third-order valence-corrected chi connectivity index (χ3v) is 4.20. The van der Waals surface area contributed by atoms with Gasteiger partial charge in [0.25, 0.3) is 11.5 Å². The molecule has 7 heteroatoms. The number of carbonyl (C=O) groups is 1. The number of methoxy groups -OCH3 is 2. The molecule has 3 aromatic rings. The molecule has 27 heavy (non-hydrogen) atoms. The van der Waals surface area contributed by atoms with Crippen LogP contribution in [-0.2, 0) is 17.8 Å². The molecule has 0 aliphatic heterocycles. The highest BCUT2D eigenvalue weighted by Gasteiger charge is 2.12. The number of carbonyl (C=O) groups excluding carboxylic acids is 1. The molecule has 0 saturated heterocycles. The van der Waals surface area contributed by atoms with Gasteiger partial charge in [-0.2, -0.15) is 5.10 Å². The van der Waals surface area contributed by atoms with Gasteiger partial charge < -0.3 is 14.8 Å². The smallest absolute Gasteiger partial charge is 0.274 e. The summed E-state index contributed by atoms with van der Waals surface area (Å²) in [5.74, 6) is 0.369. The molecule has 0 spiro atoms. The Morgan fingerprint density at radius 1 is 1.11 bits per heavy atom. The van der Waals surface area contributed by atoms with E-state index >= 15 is 0 Å². The number of rotatable bonds is 7. The second kappa shape index (κ2) is 8.46. The van der Waals surface area contributed by atoms with Crippen molar-refractivity contribution in [2.75, 3.05) is 20.8 Å². The molecule has 0 saturated carbocycles. The molecular weight excluding hydrogens is 346 g/mol. The van der Waals surface area contributed by atoms with Crippen LogP contribution < -0.4 is 15.6 Å². The molecule has 0 atom stereocenters. The topological polar surface area (TPSA) is 82.4 Å². The van der Waals surface area contributed by atoms with Crippen molar-refractivity contribution >= 4 is 16.7 Å². The number of aromatic nitrogens is 2. The second-order valence-electron chi connectivity index (χ2n) is 5.93. The third-order valence-electron chi connectivity index (χ3n) is 4.20. The first-order valence-corrected chi connectivity index (χ1v) is 8.54. The van der Waals surface area contributed by atoms with E-state index in [1.165, 1.54) is 4.68 Å². The Hall–Kier alpha value is -3.19. The van der Waals surface area contributed by atoms with Gasteiger partial charge in [-0.1, -0.05) is 24.3 Å². The summed E-state index contributed by atoms with van der Waals surface area (Å²) in [7, 11) is 3.12. The van der Waals surface area contributed by atoms with Crippen molar-refractivity contribution in [2.24, 2.45) is 0 Å². The predicted octanol–water partition coefficient (Wildman–Crippen LogP) is 1.98. The van der Waals surface area contributed by atoms with Crippen LogP contribution in [0.1, 0.15) is 16.1 Å². The lowest BCUT2D eigenvalue weighted by atomic mass is 10.1. The maximum absolute atomic E-state index is 12.6. The van der Waals surface area contributed by atoms with Crippen LogP contribution in [0.25, 0.3) is 10.8 Å². The van der Waals surface area contributed by atoms with Crippen LogP contribution in [0.15, 0.2) is 53.3 Å². The molecule has 0 radical (unpaired) electrons. The number of fused-ring (bicyclic) bond motifs is 1. The second-order valence-corrected chi connectivity index (χ2v) is 5.93. The van der Waals surface area contributed by atoms with Crippen molar-refractivity contribution < 1.29 is 14.3 Å². The quantitative estimate of drug-likeness (QED) is 0.690. The van der Waals surface area contributed by atoms with E-state index in [1.807, 2.05) is 18.2 Å². The number of ether oxygens (including phenoxy) is 2. The molecule has 2 aromatic carbocycles. The number of hydrogen-bond donors (Lipinski definition) is 1. The van der Waals surface area contributed by atoms with Crippen molar-refractivity contribution in [3.8, 4) is 5.75 Å². The first-order chi connectivity index (χ1) is 13.1. The van der Waals surface area contributed by atoms with Crippen LogP contribution >= 0.6 is 0 Å². The maximum atomic E-state index is 12.6. The molecule has 7 nitrogen and oxygen atoms in total. The van der Waals surface area contributed by atoms with Gasteiger partial charge in [0.2, 0.25) is 0 Å². The standard InChI is InChI=1S/C20H21N3O4/c1-26-11-10-23-20(25)17-9-4-3-8-16(17)18(22-23)13-21-19(24)14-6-5-7-15(12-14)27-2/h3-9,12H,10-11,13H2,1-2H3,(H,21,24). The number of hydrogen-bond acceptors (Lipinski definition) is 5. The molecular formula is C20H21N3O4. The lowest BCUT2D eigenvalue weighted by molar-refractivity contribution is 0.0950. The Bertz CT molecular complexity index is 1010. The molecule has 1 N–H and O–H groups in total. The van der Waals surface area contributed by atoms with E-state index in [4.69, 9.17) is 9.47 Å². The average molecular weight is 367 g/mol. The highest BCUT2D eigenvalue weighted by Crippen LogP contribution is 2.15. The minimum absolute atomic E-state index is 0.175. The predicted molar refractivity (Wildman–Crippen MR) is 102 cm³/mol. The van der Waals surface area contributed by atoms with Crippen LogP contribution in [0.2, 0.25) is 0 Å². The van der Waals surface area contributed by atoms with Crippen molar-refractivity contribution in [2.45, 2.75) is 13.1 Å². The Labute approximate surface area is 156 Å². The summed E-state index contributed by atoms with van der Waals surface area (Å²) >= 11 is 0. The summed E-state index contributed by atoms with van der Waals surface area (Å²) in [5.41, 5.74) is 0.939. The zero-order valence-corrected chi connectivity index (χ0v) is 15.3. The molecule has 1 heterocycles. The van der Waals surface area contributed by atoms with E-state index in [-0.39, 0.29) is 18.0 Å². The van der Waals surface area contributed by atoms with Gasteiger partial charge in [-0.3, -0.25) is 9.59 Å². The SMILES string of the molecule is COCCn1nc(CNC(=O)c2cccc(OC)c2)c2ccccc2c1=O. The highest BCUT2D eigenvalue weighted by molar-refractivity contribution is 5.94. The van der Waals surface area contributed by atoms with Crippen LogP contribution in [-0.4, -0.2) is 36.5 Å². The first kappa shape index (κ1) is 18.6. The van der Waals surface area contributed by atoms with Crippen LogP contribution in [0.3, 0.4) is 0 Å². The summed E-state index contributed by atoms with van der Waals surface area (Å²) in [5, 5.41) is 8.57. The van der Waals surface area contributed by atoms with Crippen LogP contribution in [0, 0.1) is 0 Å². The van der Waals surface area contributed by atoms with Crippen LogP contribution in [0.5, 0.6) is 5.75 Å².